The first-order chi connectivity index (χ1) is 8.50. The van der Waals surface area contributed by atoms with Crippen molar-refractivity contribution in [3.8, 4) is 0 Å². The van der Waals surface area contributed by atoms with Crippen molar-refractivity contribution in [1.29, 1.82) is 0 Å². The molecule has 1 atom stereocenters. The number of hydrogen-bond donors (Lipinski definition) is 1. The van der Waals surface area contributed by atoms with Crippen LogP contribution in [0.15, 0.2) is 0 Å². The van der Waals surface area contributed by atoms with E-state index < -0.39 is 27.6 Å². The zero-order valence-corrected chi connectivity index (χ0v) is 13.2. The van der Waals surface area contributed by atoms with Crippen molar-refractivity contribution in [2.45, 2.75) is 59.1 Å². The molecule has 112 valence electrons. The molecule has 0 heterocycles. The van der Waals surface area contributed by atoms with E-state index in [2.05, 4.69) is 4.72 Å². The Morgan fingerprint density at radius 1 is 1.32 bits per heavy atom. The van der Waals surface area contributed by atoms with Gasteiger partial charge >= 0.3 is 5.97 Å². The number of rotatable bonds is 6. The van der Waals surface area contributed by atoms with Crippen molar-refractivity contribution < 1.29 is 17.9 Å². The minimum absolute atomic E-state index is 0.110. The Labute approximate surface area is 116 Å². The summed E-state index contributed by atoms with van der Waals surface area (Å²) < 4.78 is 31.6. The summed E-state index contributed by atoms with van der Waals surface area (Å²) in [5.74, 6) is -0.298. The zero-order valence-electron chi connectivity index (χ0n) is 12.4. The molecule has 1 N–H and O–H groups in total. The first-order valence-electron chi connectivity index (χ1n) is 6.73. The molecular formula is C13H25NO4S. The van der Waals surface area contributed by atoms with Crippen molar-refractivity contribution in [1.82, 2.24) is 4.72 Å². The predicted molar refractivity (Wildman–Crippen MR) is 74.1 cm³/mol. The minimum atomic E-state index is -3.41. The van der Waals surface area contributed by atoms with Gasteiger partial charge in [0.15, 0.2) is 0 Å². The molecule has 0 saturated heterocycles. The number of hydrogen-bond acceptors (Lipinski definition) is 4. The number of nitrogens with one attached hydrogen (secondary N) is 1. The van der Waals surface area contributed by atoms with Crippen LogP contribution in [0.1, 0.15) is 47.5 Å². The van der Waals surface area contributed by atoms with Crippen molar-refractivity contribution in [3.05, 3.63) is 0 Å². The van der Waals surface area contributed by atoms with Crippen LogP contribution in [0.4, 0.5) is 0 Å². The number of carbonyl (C=O) groups excluding carboxylic acids is 1. The second-order valence-corrected chi connectivity index (χ2v) is 8.40. The third kappa shape index (κ3) is 6.38. The van der Waals surface area contributed by atoms with Gasteiger partial charge in [0.05, 0.1) is 5.75 Å². The van der Waals surface area contributed by atoms with Gasteiger partial charge in [-0.1, -0.05) is 13.8 Å². The van der Waals surface area contributed by atoms with Gasteiger partial charge in [-0.25, -0.2) is 13.1 Å². The van der Waals surface area contributed by atoms with Crippen LogP contribution in [0.5, 0.6) is 0 Å². The fraction of sp³-hybridized carbons (Fsp3) is 0.923. The molecule has 19 heavy (non-hydrogen) atoms. The molecule has 0 aromatic heterocycles. The highest BCUT2D eigenvalue weighted by Crippen LogP contribution is 2.30. The van der Waals surface area contributed by atoms with Gasteiger partial charge in [0, 0.05) is 0 Å². The van der Waals surface area contributed by atoms with Crippen molar-refractivity contribution in [2.24, 2.45) is 11.8 Å². The van der Waals surface area contributed by atoms with E-state index in [1.807, 2.05) is 0 Å². The van der Waals surface area contributed by atoms with Crippen molar-refractivity contribution in [3.63, 3.8) is 0 Å². The highest BCUT2D eigenvalue weighted by Gasteiger charge is 2.34. The molecule has 0 aliphatic heterocycles. The Morgan fingerprint density at radius 2 is 1.84 bits per heavy atom. The molecule has 6 heteroatoms. The quantitative estimate of drug-likeness (QED) is 0.756. The Kier molecular flexibility index (Phi) is 5.01. The second kappa shape index (κ2) is 5.79. The molecule has 0 spiro atoms. The molecule has 0 bridgehead atoms. The largest absolute Gasteiger partial charge is 0.459 e. The summed E-state index contributed by atoms with van der Waals surface area (Å²) in [6.45, 7) is 8.89. The minimum Gasteiger partial charge on any atom is -0.459 e. The second-order valence-electron chi connectivity index (χ2n) is 6.60. The van der Waals surface area contributed by atoms with E-state index in [1.54, 1.807) is 34.6 Å². The first kappa shape index (κ1) is 16.4. The predicted octanol–water partition coefficient (Wildman–Crippen LogP) is 1.68. The van der Waals surface area contributed by atoms with Gasteiger partial charge in [0.1, 0.15) is 11.6 Å². The fourth-order valence-electron chi connectivity index (χ4n) is 1.66. The maximum Gasteiger partial charge on any atom is 0.324 e. The van der Waals surface area contributed by atoms with Crippen LogP contribution in [0.3, 0.4) is 0 Å². The smallest absolute Gasteiger partial charge is 0.324 e. The summed E-state index contributed by atoms with van der Waals surface area (Å²) in [6.07, 6.45) is 1.92. The summed E-state index contributed by atoms with van der Waals surface area (Å²) in [4.78, 5) is 12.0. The van der Waals surface area contributed by atoms with Gasteiger partial charge in [-0.05, 0) is 45.4 Å². The van der Waals surface area contributed by atoms with E-state index in [0.29, 0.717) is 0 Å². The maximum absolute atomic E-state index is 12.0. The van der Waals surface area contributed by atoms with Gasteiger partial charge in [0.2, 0.25) is 10.0 Å². The lowest BCUT2D eigenvalue weighted by molar-refractivity contribution is -0.158. The summed E-state index contributed by atoms with van der Waals surface area (Å²) in [5, 5.41) is 0. The van der Waals surface area contributed by atoms with Crippen LogP contribution in [0, 0.1) is 11.8 Å². The van der Waals surface area contributed by atoms with Crippen LogP contribution in [0.2, 0.25) is 0 Å². The molecule has 0 radical (unpaired) electrons. The Morgan fingerprint density at radius 3 is 2.21 bits per heavy atom. The summed E-state index contributed by atoms with van der Waals surface area (Å²) in [7, 11) is -3.41. The van der Waals surface area contributed by atoms with Gasteiger partial charge in [-0.2, -0.15) is 0 Å². The molecule has 1 rings (SSSR count). The lowest BCUT2D eigenvalue weighted by Gasteiger charge is -2.26. The van der Waals surface area contributed by atoms with Crippen molar-refractivity contribution >= 4 is 16.0 Å². The number of carbonyl (C=O) groups is 1. The van der Waals surface area contributed by atoms with Gasteiger partial charge in [0.25, 0.3) is 0 Å². The average Bonchev–Trinajstić information content (AvgIpc) is 2.93. The van der Waals surface area contributed by atoms with Gasteiger partial charge in [-0.15, -0.1) is 0 Å². The Bertz CT molecular complexity index is 418. The van der Waals surface area contributed by atoms with Crippen LogP contribution in [-0.4, -0.2) is 31.8 Å². The summed E-state index contributed by atoms with van der Waals surface area (Å²) in [5.41, 5.74) is -0.619. The molecule has 1 fully saturated rings. The SMILES string of the molecule is CC(C)[C@@H](NS(=O)(=O)CC1CC1)C(=O)OC(C)(C)C. The van der Waals surface area contributed by atoms with Gasteiger partial charge < -0.3 is 4.74 Å². The van der Waals surface area contributed by atoms with E-state index in [0.717, 1.165) is 12.8 Å². The fourth-order valence-corrected chi connectivity index (χ4v) is 3.46. The summed E-state index contributed by atoms with van der Waals surface area (Å²) >= 11 is 0. The van der Waals surface area contributed by atoms with Crippen LogP contribution < -0.4 is 4.72 Å². The zero-order chi connectivity index (χ0) is 14.8. The standard InChI is InChI=1S/C13H25NO4S/c1-9(2)11(12(15)18-13(3,4)5)14-19(16,17)8-10-6-7-10/h9-11,14H,6-8H2,1-5H3/t11-/m1/s1. The molecule has 1 aliphatic rings. The van der Waals surface area contributed by atoms with E-state index >= 15 is 0 Å². The monoisotopic (exact) mass is 291 g/mol. The van der Waals surface area contributed by atoms with E-state index in [-0.39, 0.29) is 17.6 Å². The van der Waals surface area contributed by atoms with E-state index in [1.165, 1.54) is 0 Å². The average molecular weight is 291 g/mol. The summed E-state index contributed by atoms with van der Waals surface area (Å²) in [6, 6.07) is -0.817. The molecule has 1 aliphatic carbocycles. The first-order valence-corrected chi connectivity index (χ1v) is 8.38. The molecule has 5 nitrogen and oxygen atoms in total. The molecule has 0 amide bonds. The van der Waals surface area contributed by atoms with Gasteiger partial charge in [-0.3, -0.25) is 4.79 Å². The lowest BCUT2D eigenvalue weighted by Crippen LogP contribution is -2.48. The Hall–Kier alpha value is -0.620. The molecule has 0 aromatic carbocycles. The molecule has 0 unspecified atom stereocenters. The van der Waals surface area contributed by atoms with Crippen LogP contribution >= 0.6 is 0 Å². The van der Waals surface area contributed by atoms with Crippen LogP contribution in [0.25, 0.3) is 0 Å². The number of sulfonamides is 1. The third-order valence-electron chi connectivity index (χ3n) is 2.79. The molecule has 1 saturated carbocycles. The van der Waals surface area contributed by atoms with E-state index in [9.17, 15) is 13.2 Å². The molecular weight excluding hydrogens is 266 g/mol. The number of ether oxygens (including phenoxy) is 1. The maximum atomic E-state index is 12.0. The molecule has 0 aromatic rings. The number of esters is 1. The van der Waals surface area contributed by atoms with E-state index in [4.69, 9.17) is 4.74 Å². The topological polar surface area (TPSA) is 72.5 Å². The Balaban J connectivity index is 2.69. The highest BCUT2D eigenvalue weighted by atomic mass is 32.2. The third-order valence-corrected chi connectivity index (χ3v) is 4.31. The lowest BCUT2D eigenvalue weighted by atomic mass is 10.1. The van der Waals surface area contributed by atoms with Crippen molar-refractivity contribution in [2.75, 3.05) is 5.75 Å². The highest BCUT2D eigenvalue weighted by molar-refractivity contribution is 7.89. The van der Waals surface area contributed by atoms with Crippen LogP contribution in [-0.2, 0) is 19.6 Å². The normalized spacial score (nSPS) is 18.4.